The summed E-state index contributed by atoms with van der Waals surface area (Å²) in [6, 6.07) is 0.425. The number of primary amides is 1. The van der Waals surface area contributed by atoms with Gasteiger partial charge in [0.1, 0.15) is 18.2 Å². The Labute approximate surface area is 155 Å². The van der Waals surface area contributed by atoms with Crippen molar-refractivity contribution in [3.05, 3.63) is 18.0 Å². The molecule has 1 aromatic rings. The number of carbonyl (C=O) groups is 4. The summed E-state index contributed by atoms with van der Waals surface area (Å²) in [5.74, 6) is -2.77. The lowest BCUT2D eigenvalue weighted by molar-refractivity contribution is -0.141. The monoisotopic (exact) mass is 387 g/mol. The summed E-state index contributed by atoms with van der Waals surface area (Å²) in [5, 5.41) is 6.96. The van der Waals surface area contributed by atoms with E-state index in [9.17, 15) is 19.2 Å². The number of carbonyl (C=O) groups excluding carboxylic acids is 4. The van der Waals surface area contributed by atoms with Crippen molar-refractivity contribution in [3.8, 4) is 0 Å². The molecule has 0 saturated heterocycles. The van der Waals surface area contributed by atoms with Crippen molar-refractivity contribution in [1.29, 1.82) is 0 Å². The largest absolute Gasteiger partial charge is 0.370 e. The van der Waals surface area contributed by atoms with Gasteiger partial charge in [-0.3, -0.25) is 29.6 Å². The van der Waals surface area contributed by atoms with Gasteiger partial charge in [-0.15, -0.1) is 11.6 Å². The second kappa shape index (κ2) is 10.4. The molecule has 0 saturated carbocycles. The number of alkyl halides is 1. The number of hydrogen-bond donors (Lipinski definition) is 3. The van der Waals surface area contributed by atoms with Crippen LogP contribution in [-0.4, -0.2) is 52.3 Å². The van der Waals surface area contributed by atoms with Crippen LogP contribution in [0.4, 0.5) is 0 Å². The van der Waals surface area contributed by atoms with Crippen LogP contribution >= 0.6 is 11.6 Å². The Hall–Kier alpha value is -2.62. The van der Waals surface area contributed by atoms with Crippen molar-refractivity contribution in [2.75, 3.05) is 12.4 Å². The van der Waals surface area contributed by atoms with Crippen molar-refractivity contribution in [2.45, 2.75) is 32.7 Å². The third kappa shape index (κ3) is 7.09. The number of amides is 4. The predicted molar refractivity (Wildman–Crippen MR) is 91.6 cm³/mol. The van der Waals surface area contributed by atoms with Gasteiger partial charge in [0, 0.05) is 12.5 Å². The highest BCUT2D eigenvalue weighted by Crippen LogP contribution is 2.07. The zero-order chi connectivity index (χ0) is 19.7. The van der Waals surface area contributed by atoms with Crippen molar-refractivity contribution in [2.24, 2.45) is 11.7 Å². The highest BCUT2D eigenvalue weighted by atomic mass is 35.5. The Bertz CT molecular complexity index is 634. The lowest BCUT2D eigenvalue weighted by atomic mass is 10.0. The fourth-order valence-electron chi connectivity index (χ4n) is 2.01. The van der Waals surface area contributed by atoms with Crippen LogP contribution in [0.15, 0.2) is 16.9 Å². The van der Waals surface area contributed by atoms with Gasteiger partial charge < -0.3 is 15.6 Å². The molecule has 11 heteroatoms. The molecular weight excluding hydrogens is 366 g/mol. The quantitative estimate of drug-likeness (QED) is 0.394. The van der Waals surface area contributed by atoms with Crippen LogP contribution in [-0.2, 0) is 14.4 Å². The summed E-state index contributed by atoms with van der Waals surface area (Å²) < 4.78 is 4.60. The molecule has 1 aromatic heterocycles. The molecule has 0 spiro atoms. The van der Waals surface area contributed by atoms with E-state index in [0.717, 1.165) is 5.01 Å². The van der Waals surface area contributed by atoms with Crippen LogP contribution in [0.25, 0.3) is 0 Å². The number of aromatic nitrogens is 1. The topological polar surface area (TPSA) is 148 Å². The Morgan fingerprint density at radius 3 is 2.54 bits per heavy atom. The van der Waals surface area contributed by atoms with E-state index < -0.39 is 29.7 Å². The molecule has 0 bridgehead atoms. The fraction of sp³-hybridized carbons (Fsp3) is 0.533. The second-order valence-corrected chi connectivity index (χ2v) is 6.18. The van der Waals surface area contributed by atoms with Gasteiger partial charge in [-0.1, -0.05) is 19.0 Å². The average molecular weight is 388 g/mol. The molecule has 10 nitrogen and oxygen atoms in total. The number of rotatable bonds is 9. The molecule has 1 rings (SSSR count). The lowest BCUT2D eigenvalue weighted by Gasteiger charge is -2.26. The number of hydrazine groups is 1. The molecule has 4 N–H and O–H groups in total. The molecule has 0 aromatic carbocycles. The maximum atomic E-state index is 12.5. The number of nitrogens with one attached hydrogen (secondary N) is 2. The SMILES string of the molecule is CC(C)C[C@H](NC(=O)c1ccon1)C(=O)NN(CCC(N)=O)C(=O)CCl. The molecule has 0 fully saturated rings. The number of nitrogens with zero attached hydrogens (tertiary/aromatic N) is 2. The van der Waals surface area contributed by atoms with Crippen LogP contribution in [0.2, 0.25) is 0 Å². The average Bonchev–Trinajstić information content (AvgIpc) is 3.11. The molecule has 0 aliphatic carbocycles. The minimum absolute atomic E-state index is 0.0222. The highest BCUT2D eigenvalue weighted by molar-refractivity contribution is 6.27. The summed E-state index contributed by atoms with van der Waals surface area (Å²) in [7, 11) is 0. The van der Waals surface area contributed by atoms with Crippen molar-refractivity contribution < 1.29 is 23.7 Å². The molecule has 1 heterocycles. The molecule has 1 atom stereocenters. The van der Waals surface area contributed by atoms with Gasteiger partial charge in [0.2, 0.25) is 5.91 Å². The van der Waals surface area contributed by atoms with Crippen LogP contribution in [0.5, 0.6) is 0 Å². The predicted octanol–water partition coefficient (Wildman–Crippen LogP) is -0.207. The lowest BCUT2D eigenvalue weighted by Crippen LogP contribution is -2.55. The maximum Gasteiger partial charge on any atom is 0.274 e. The summed E-state index contributed by atoms with van der Waals surface area (Å²) >= 11 is 5.51. The normalized spacial score (nSPS) is 11.7. The molecule has 0 aliphatic rings. The van der Waals surface area contributed by atoms with E-state index in [1.54, 1.807) is 0 Å². The van der Waals surface area contributed by atoms with Crippen LogP contribution in [0.1, 0.15) is 37.2 Å². The van der Waals surface area contributed by atoms with Gasteiger partial charge in [0.15, 0.2) is 5.69 Å². The molecular formula is C15H22ClN5O5. The minimum atomic E-state index is -0.932. The third-order valence-electron chi connectivity index (χ3n) is 3.24. The van der Waals surface area contributed by atoms with Crippen LogP contribution < -0.4 is 16.5 Å². The first-order valence-corrected chi connectivity index (χ1v) is 8.44. The Kier molecular flexibility index (Phi) is 8.56. The van der Waals surface area contributed by atoms with E-state index in [1.807, 2.05) is 13.8 Å². The number of hydrogen-bond acceptors (Lipinski definition) is 6. The molecule has 0 aliphatic heterocycles. The van der Waals surface area contributed by atoms with Gasteiger partial charge >= 0.3 is 0 Å². The van der Waals surface area contributed by atoms with E-state index >= 15 is 0 Å². The van der Waals surface area contributed by atoms with Crippen molar-refractivity contribution in [1.82, 2.24) is 20.9 Å². The summed E-state index contributed by atoms with van der Waals surface area (Å²) in [6.45, 7) is 3.62. The number of halogens is 1. The minimum Gasteiger partial charge on any atom is -0.370 e. The van der Waals surface area contributed by atoms with Gasteiger partial charge in [0.25, 0.3) is 17.7 Å². The second-order valence-electron chi connectivity index (χ2n) is 5.91. The first-order valence-electron chi connectivity index (χ1n) is 7.91. The standard InChI is InChI=1S/C15H22ClN5O5/c1-9(2)7-11(18-14(24)10-4-6-26-20-10)15(25)19-21(13(23)8-16)5-3-12(17)22/h4,6,9,11H,3,5,7-8H2,1-2H3,(H2,17,22)(H,18,24)(H,19,25)/t11-/m0/s1. The first kappa shape index (κ1) is 21.4. The van der Waals surface area contributed by atoms with Crippen molar-refractivity contribution in [3.63, 3.8) is 0 Å². The Morgan fingerprint density at radius 1 is 1.35 bits per heavy atom. The van der Waals surface area contributed by atoms with Gasteiger partial charge in [0.05, 0.1) is 6.54 Å². The Balaban J connectivity index is 2.83. The van der Waals surface area contributed by atoms with Gasteiger partial charge in [-0.2, -0.15) is 0 Å². The van der Waals surface area contributed by atoms with E-state index in [0.29, 0.717) is 6.42 Å². The highest BCUT2D eigenvalue weighted by Gasteiger charge is 2.26. The van der Waals surface area contributed by atoms with Crippen LogP contribution in [0, 0.1) is 5.92 Å². The summed E-state index contributed by atoms with van der Waals surface area (Å²) in [5.41, 5.74) is 7.46. The van der Waals surface area contributed by atoms with Crippen LogP contribution in [0.3, 0.4) is 0 Å². The van der Waals surface area contributed by atoms with Gasteiger partial charge in [-0.05, 0) is 12.3 Å². The summed E-state index contributed by atoms with van der Waals surface area (Å²) in [4.78, 5) is 47.4. The van der Waals surface area contributed by atoms with E-state index in [4.69, 9.17) is 17.3 Å². The van der Waals surface area contributed by atoms with E-state index in [1.165, 1.54) is 12.3 Å². The number of nitrogens with two attached hydrogens (primary N) is 1. The molecule has 26 heavy (non-hydrogen) atoms. The molecule has 0 radical (unpaired) electrons. The zero-order valence-electron chi connectivity index (χ0n) is 14.5. The smallest absolute Gasteiger partial charge is 0.274 e. The maximum absolute atomic E-state index is 12.5. The molecule has 0 unspecified atom stereocenters. The fourth-order valence-corrected chi connectivity index (χ4v) is 2.16. The Morgan fingerprint density at radius 2 is 2.04 bits per heavy atom. The molecule has 4 amide bonds. The first-order chi connectivity index (χ1) is 12.2. The van der Waals surface area contributed by atoms with E-state index in [-0.39, 0.29) is 30.5 Å². The molecule has 144 valence electrons. The van der Waals surface area contributed by atoms with Gasteiger partial charge in [-0.25, -0.2) is 0 Å². The zero-order valence-corrected chi connectivity index (χ0v) is 15.3. The third-order valence-corrected chi connectivity index (χ3v) is 3.47. The van der Waals surface area contributed by atoms with E-state index in [2.05, 4.69) is 20.4 Å². The van der Waals surface area contributed by atoms with Crippen molar-refractivity contribution >= 4 is 35.2 Å². The summed E-state index contributed by atoms with van der Waals surface area (Å²) in [6.07, 6.45) is 1.40.